The van der Waals surface area contributed by atoms with Gasteiger partial charge in [0, 0.05) is 12.5 Å². The smallest absolute Gasteiger partial charge is 0.225 e. The van der Waals surface area contributed by atoms with E-state index in [4.69, 9.17) is 23.2 Å². The van der Waals surface area contributed by atoms with Gasteiger partial charge in [0.15, 0.2) is 0 Å². The zero-order valence-corrected chi connectivity index (χ0v) is 11.5. The zero-order valence-electron chi connectivity index (χ0n) is 9.96. The minimum atomic E-state index is -0.0484. The van der Waals surface area contributed by atoms with E-state index in [1.807, 2.05) is 0 Å². The molecule has 0 saturated heterocycles. The summed E-state index contributed by atoms with van der Waals surface area (Å²) in [5.41, 5.74) is 0. The van der Waals surface area contributed by atoms with Crippen LogP contribution >= 0.6 is 23.2 Å². The molecule has 1 heterocycles. The fourth-order valence-corrected chi connectivity index (χ4v) is 2.70. The van der Waals surface area contributed by atoms with Gasteiger partial charge in [-0.25, -0.2) is 9.97 Å². The number of hydrogen-bond donors (Lipinski definition) is 1. The lowest BCUT2D eigenvalue weighted by atomic mass is 10.0. The average molecular weight is 288 g/mol. The van der Waals surface area contributed by atoms with Crippen molar-refractivity contribution in [2.45, 2.75) is 38.5 Å². The van der Waals surface area contributed by atoms with Gasteiger partial charge in [-0.15, -0.1) is 0 Å². The van der Waals surface area contributed by atoms with E-state index < -0.39 is 0 Å². The molecule has 98 valence electrons. The molecule has 1 fully saturated rings. The molecule has 18 heavy (non-hydrogen) atoms. The molecule has 0 bridgehead atoms. The molecule has 1 aromatic heterocycles. The van der Waals surface area contributed by atoms with Crippen LogP contribution in [-0.4, -0.2) is 15.9 Å². The monoisotopic (exact) mass is 287 g/mol. The van der Waals surface area contributed by atoms with Crippen LogP contribution in [0.5, 0.6) is 0 Å². The number of rotatable bonds is 4. The third-order valence-electron chi connectivity index (χ3n) is 3.19. The highest BCUT2D eigenvalue weighted by molar-refractivity contribution is 6.32. The van der Waals surface area contributed by atoms with Crippen LogP contribution in [0.2, 0.25) is 10.4 Å². The van der Waals surface area contributed by atoms with Gasteiger partial charge < -0.3 is 5.32 Å². The molecule has 0 radical (unpaired) electrons. The summed E-state index contributed by atoms with van der Waals surface area (Å²) in [7, 11) is 0. The van der Waals surface area contributed by atoms with Crippen LogP contribution < -0.4 is 5.32 Å². The maximum absolute atomic E-state index is 11.7. The number of nitrogens with zero attached hydrogens (tertiary/aromatic N) is 2. The van der Waals surface area contributed by atoms with Gasteiger partial charge in [-0.2, -0.15) is 0 Å². The zero-order chi connectivity index (χ0) is 13.0. The van der Waals surface area contributed by atoms with E-state index in [0.29, 0.717) is 18.2 Å². The number of halogens is 2. The predicted molar refractivity (Wildman–Crippen MR) is 71.9 cm³/mol. The Bertz CT molecular complexity index is 413. The van der Waals surface area contributed by atoms with Crippen molar-refractivity contribution in [1.82, 2.24) is 9.97 Å². The van der Waals surface area contributed by atoms with Crippen molar-refractivity contribution in [3.05, 3.63) is 16.5 Å². The molecular formula is C12H15Cl2N3O. The van der Waals surface area contributed by atoms with Gasteiger partial charge in [0.1, 0.15) is 11.0 Å². The molecule has 1 aliphatic carbocycles. The lowest BCUT2D eigenvalue weighted by molar-refractivity contribution is -0.116. The summed E-state index contributed by atoms with van der Waals surface area (Å²) in [6, 6.07) is 1.49. The Morgan fingerprint density at radius 1 is 1.33 bits per heavy atom. The van der Waals surface area contributed by atoms with E-state index in [1.54, 1.807) is 0 Å². The van der Waals surface area contributed by atoms with Crippen LogP contribution in [0.4, 0.5) is 5.82 Å². The highest BCUT2D eigenvalue weighted by atomic mass is 35.5. The van der Waals surface area contributed by atoms with Crippen molar-refractivity contribution >= 4 is 34.9 Å². The summed E-state index contributed by atoms with van der Waals surface area (Å²) in [5, 5.41) is 2.95. The molecule has 1 N–H and O–H groups in total. The van der Waals surface area contributed by atoms with Gasteiger partial charge in [-0.1, -0.05) is 37.3 Å². The first-order valence-electron chi connectivity index (χ1n) is 6.13. The molecule has 6 heteroatoms. The van der Waals surface area contributed by atoms with Crippen molar-refractivity contribution in [1.29, 1.82) is 0 Å². The Kier molecular flexibility index (Phi) is 4.78. The van der Waals surface area contributed by atoms with Crippen LogP contribution in [0.3, 0.4) is 0 Å². The molecule has 1 amide bonds. The summed E-state index contributed by atoms with van der Waals surface area (Å²) in [6.45, 7) is 0. The molecule has 0 atom stereocenters. The molecule has 2 rings (SSSR count). The summed E-state index contributed by atoms with van der Waals surface area (Å²) < 4.78 is 0. The van der Waals surface area contributed by atoms with Gasteiger partial charge in [0.05, 0.1) is 0 Å². The van der Waals surface area contributed by atoms with Gasteiger partial charge in [-0.05, 0) is 23.9 Å². The van der Waals surface area contributed by atoms with E-state index in [1.165, 1.54) is 31.7 Å². The molecular weight excluding hydrogens is 273 g/mol. The third-order valence-corrected chi connectivity index (χ3v) is 3.55. The summed E-state index contributed by atoms with van der Waals surface area (Å²) in [5.74, 6) is 1.01. The fraction of sp³-hybridized carbons (Fsp3) is 0.583. The molecule has 1 aromatic rings. The number of aromatic nitrogens is 2. The minimum Gasteiger partial charge on any atom is -0.311 e. The molecule has 0 spiro atoms. The topological polar surface area (TPSA) is 54.9 Å². The summed E-state index contributed by atoms with van der Waals surface area (Å²) >= 11 is 11.4. The Labute approximate surface area is 116 Å². The number of nitrogens with one attached hydrogen (secondary N) is 1. The Hall–Kier alpha value is -0.870. The standard InChI is InChI=1S/C12H15Cl2N3O/c13-9-7-10(17-12(14)15-9)16-11(18)6-5-8-3-1-2-4-8/h7-8H,1-6H2,(H,15,16,17,18). The lowest BCUT2D eigenvalue weighted by Crippen LogP contribution is -2.14. The third kappa shape index (κ3) is 4.10. The van der Waals surface area contributed by atoms with Crippen LogP contribution in [-0.2, 0) is 4.79 Å². The maximum atomic E-state index is 11.7. The molecule has 0 aliphatic heterocycles. The largest absolute Gasteiger partial charge is 0.311 e. The second-order valence-electron chi connectivity index (χ2n) is 4.58. The summed E-state index contributed by atoms with van der Waals surface area (Å²) in [6.07, 6.45) is 6.55. The maximum Gasteiger partial charge on any atom is 0.225 e. The van der Waals surface area contributed by atoms with E-state index in [-0.39, 0.29) is 16.3 Å². The first-order valence-corrected chi connectivity index (χ1v) is 6.89. The Morgan fingerprint density at radius 3 is 2.72 bits per heavy atom. The van der Waals surface area contributed by atoms with Gasteiger partial charge in [0.2, 0.25) is 11.2 Å². The predicted octanol–water partition coefficient (Wildman–Crippen LogP) is 3.69. The molecule has 0 aromatic carbocycles. The van der Waals surface area contributed by atoms with Crippen LogP contribution in [0.1, 0.15) is 38.5 Å². The quantitative estimate of drug-likeness (QED) is 0.679. The second-order valence-corrected chi connectivity index (χ2v) is 5.31. The van der Waals surface area contributed by atoms with Crippen molar-refractivity contribution in [3.63, 3.8) is 0 Å². The van der Waals surface area contributed by atoms with E-state index in [9.17, 15) is 4.79 Å². The second kappa shape index (κ2) is 6.34. The highest BCUT2D eigenvalue weighted by Gasteiger charge is 2.16. The first kappa shape index (κ1) is 13.6. The van der Waals surface area contributed by atoms with Crippen LogP contribution in [0.15, 0.2) is 6.07 Å². The van der Waals surface area contributed by atoms with Crippen molar-refractivity contribution < 1.29 is 4.79 Å². The van der Waals surface area contributed by atoms with Crippen LogP contribution in [0, 0.1) is 5.92 Å². The van der Waals surface area contributed by atoms with Gasteiger partial charge >= 0.3 is 0 Å². The average Bonchev–Trinajstić information content (AvgIpc) is 2.77. The molecule has 0 unspecified atom stereocenters. The number of hydrogen-bond acceptors (Lipinski definition) is 3. The van der Waals surface area contributed by atoms with E-state index in [0.717, 1.165) is 6.42 Å². The van der Waals surface area contributed by atoms with Gasteiger partial charge in [-0.3, -0.25) is 4.79 Å². The number of amides is 1. The molecule has 4 nitrogen and oxygen atoms in total. The summed E-state index contributed by atoms with van der Waals surface area (Å²) in [4.78, 5) is 19.3. The normalized spacial score (nSPS) is 15.9. The SMILES string of the molecule is O=C(CCC1CCCC1)Nc1cc(Cl)nc(Cl)n1. The van der Waals surface area contributed by atoms with Crippen molar-refractivity contribution in [3.8, 4) is 0 Å². The van der Waals surface area contributed by atoms with Crippen molar-refractivity contribution in [2.24, 2.45) is 5.92 Å². The minimum absolute atomic E-state index is 0.0357. The van der Waals surface area contributed by atoms with Crippen LogP contribution in [0.25, 0.3) is 0 Å². The van der Waals surface area contributed by atoms with Crippen molar-refractivity contribution in [2.75, 3.05) is 5.32 Å². The fourth-order valence-electron chi connectivity index (χ4n) is 2.29. The number of carbonyl (C=O) groups is 1. The Morgan fingerprint density at radius 2 is 2.06 bits per heavy atom. The molecule has 1 saturated carbocycles. The lowest BCUT2D eigenvalue weighted by Gasteiger charge is -2.08. The highest BCUT2D eigenvalue weighted by Crippen LogP contribution is 2.28. The first-order chi connectivity index (χ1) is 8.63. The van der Waals surface area contributed by atoms with E-state index >= 15 is 0 Å². The number of carbonyl (C=O) groups excluding carboxylic acids is 1. The van der Waals surface area contributed by atoms with E-state index in [2.05, 4.69) is 15.3 Å². The van der Waals surface area contributed by atoms with Gasteiger partial charge in [0.25, 0.3) is 0 Å². The number of anilines is 1. The Balaban J connectivity index is 1.82. The molecule has 1 aliphatic rings.